The monoisotopic (exact) mass is 338 g/mol. The third-order valence-electron chi connectivity index (χ3n) is 3.38. The molecule has 0 fully saturated rings. The number of rotatable bonds is 7. The van der Waals surface area contributed by atoms with Gasteiger partial charge in [0.15, 0.2) is 0 Å². The summed E-state index contributed by atoms with van der Waals surface area (Å²) >= 11 is 0. The number of nitro benzene ring substituents is 1. The molecule has 2 rings (SSSR count). The van der Waals surface area contributed by atoms with Gasteiger partial charge in [0, 0.05) is 23.8 Å². The lowest BCUT2D eigenvalue weighted by Gasteiger charge is -2.11. The van der Waals surface area contributed by atoms with Crippen molar-refractivity contribution in [3.63, 3.8) is 0 Å². The van der Waals surface area contributed by atoms with E-state index in [0.29, 0.717) is 41.4 Å². The van der Waals surface area contributed by atoms with Gasteiger partial charge >= 0.3 is 0 Å². The summed E-state index contributed by atoms with van der Waals surface area (Å²) in [6.45, 7) is 4.77. The molecule has 6 nitrogen and oxygen atoms in total. The minimum absolute atomic E-state index is 0.0598. The lowest BCUT2D eigenvalue weighted by atomic mass is 10.0. The van der Waals surface area contributed by atoms with Gasteiger partial charge in [-0.15, -0.1) is 0 Å². The van der Waals surface area contributed by atoms with Crippen LogP contribution >= 0.6 is 0 Å². The Kier molecular flexibility index (Phi) is 6.13. The summed E-state index contributed by atoms with van der Waals surface area (Å²) in [4.78, 5) is 10.4. The van der Waals surface area contributed by atoms with E-state index in [1.807, 2.05) is 13.8 Å². The first-order chi connectivity index (χ1) is 12.1. The van der Waals surface area contributed by atoms with Crippen molar-refractivity contribution < 1.29 is 14.4 Å². The molecule has 6 heteroatoms. The average molecular weight is 338 g/mol. The summed E-state index contributed by atoms with van der Waals surface area (Å²) in [6.07, 6.45) is 1.65. The topological polar surface area (TPSA) is 85.4 Å². The second-order valence-corrected chi connectivity index (χ2v) is 5.04. The molecule has 0 aromatic heterocycles. The second-order valence-electron chi connectivity index (χ2n) is 5.04. The van der Waals surface area contributed by atoms with Crippen LogP contribution in [-0.4, -0.2) is 18.1 Å². The summed E-state index contributed by atoms with van der Waals surface area (Å²) in [5, 5.41) is 20.4. The molecule has 0 heterocycles. The first-order valence-electron chi connectivity index (χ1n) is 7.85. The number of non-ortho nitro benzene ring substituents is 1. The molecule has 0 unspecified atom stereocenters. The van der Waals surface area contributed by atoms with Crippen molar-refractivity contribution in [2.24, 2.45) is 0 Å². The Morgan fingerprint density at radius 3 is 2.60 bits per heavy atom. The molecule has 0 radical (unpaired) electrons. The predicted molar refractivity (Wildman–Crippen MR) is 95.4 cm³/mol. The number of nitrogens with zero attached hydrogens (tertiary/aromatic N) is 2. The van der Waals surface area contributed by atoms with Crippen LogP contribution in [0.15, 0.2) is 42.5 Å². The van der Waals surface area contributed by atoms with Crippen LogP contribution in [0.25, 0.3) is 11.6 Å². The largest absolute Gasteiger partial charge is 0.494 e. The van der Waals surface area contributed by atoms with E-state index in [0.717, 1.165) is 0 Å². The fourth-order valence-electron chi connectivity index (χ4n) is 2.29. The minimum atomic E-state index is -0.485. The van der Waals surface area contributed by atoms with Gasteiger partial charge in [0.05, 0.1) is 29.8 Å². The van der Waals surface area contributed by atoms with E-state index in [4.69, 9.17) is 9.47 Å². The Balaban J connectivity index is 2.47. The summed E-state index contributed by atoms with van der Waals surface area (Å²) < 4.78 is 11.1. The molecule has 0 atom stereocenters. The van der Waals surface area contributed by atoms with Crippen LogP contribution in [0, 0.1) is 21.4 Å². The van der Waals surface area contributed by atoms with Gasteiger partial charge in [-0.25, -0.2) is 0 Å². The highest BCUT2D eigenvalue weighted by Gasteiger charge is 2.11. The molecule has 0 N–H and O–H groups in total. The molecule has 0 aliphatic heterocycles. The Morgan fingerprint density at radius 2 is 1.96 bits per heavy atom. The number of nitriles is 1. The maximum atomic E-state index is 10.9. The zero-order valence-electron chi connectivity index (χ0n) is 14.1. The van der Waals surface area contributed by atoms with E-state index in [9.17, 15) is 15.4 Å². The van der Waals surface area contributed by atoms with Crippen molar-refractivity contribution >= 4 is 17.3 Å². The molecule has 0 saturated carbocycles. The summed E-state index contributed by atoms with van der Waals surface area (Å²) in [5.74, 6) is 1.27. The molecule has 0 bridgehead atoms. The maximum Gasteiger partial charge on any atom is 0.270 e. The van der Waals surface area contributed by atoms with Crippen molar-refractivity contribution in [1.82, 2.24) is 0 Å². The van der Waals surface area contributed by atoms with E-state index in [-0.39, 0.29) is 5.69 Å². The van der Waals surface area contributed by atoms with Crippen LogP contribution in [0.1, 0.15) is 25.0 Å². The van der Waals surface area contributed by atoms with E-state index in [1.54, 1.807) is 36.4 Å². The van der Waals surface area contributed by atoms with Crippen molar-refractivity contribution in [3.8, 4) is 17.6 Å². The van der Waals surface area contributed by atoms with E-state index in [1.165, 1.54) is 12.1 Å². The predicted octanol–water partition coefficient (Wildman–Crippen LogP) is 4.46. The number of nitro groups is 1. The molecule has 2 aromatic carbocycles. The van der Waals surface area contributed by atoms with Crippen molar-refractivity contribution in [3.05, 3.63) is 63.7 Å². The van der Waals surface area contributed by atoms with Crippen LogP contribution < -0.4 is 9.47 Å². The SMILES string of the molecule is CCOc1ccc(C=C(C#N)c2cccc([N+](=O)[O-])c2)c(OCC)c1. The van der Waals surface area contributed by atoms with Gasteiger partial charge in [0.25, 0.3) is 5.69 Å². The van der Waals surface area contributed by atoms with Gasteiger partial charge in [-0.1, -0.05) is 12.1 Å². The molecule has 0 spiro atoms. The Hall–Kier alpha value is -3.33. The average Bonchev–Trinajstić information content (AvgIpc) is 2.61. The van der Waals surface area contributed by atoms with Gasteiger partial charge in [-0.05, 0) is 37.6 Å². The van der Waals surface area contributed by atoms with Crippen molar-refractivity contribution in [2.45, 2.75) is 13.8 Å². The summed E-state index contributed by atoms with van der Waals surface area (Å²) in [5.41, 5.74) is 1.44. The van der Waals surface area contributed by atoms with E-state index >= 15 is 0 Å². The molecule has 0 aliphatic carbocycles. The quantitative estimate of drug-likeness (QED) is 0.322. The fourth-order valence-corrected chi connectivity index (χ4v) is 2.29. The highest BCUT2D eigenvalue weighted by Crippen LogP contribution is 2.29. The second kappa shape index (κ2) is 8.50. The van der Waals surface area contributed by atoms with Gasteiger partial charge in [-0.3, -0.25) is 10.1 Å². The van der Waals surface area contributed by atoms with E-state index in [2.05, 4.69) is 6.07 Å². The lowest BCUT2D eigenvalue weighted by molar-refractivity contribution is -0.384. The Labute approximate surface area is 146 Å². The van der Waals surface area contributed by atoms with Gasteiger partial charge in [0.2, 0.25) is 0 Å². The van der Waals surface area contributed by atoms with Crippen LogP contribution in [-0.2, 0) is 0 Å². The van der Waals surface area contributed by atoms with Crippen molar-refractivity contribution in [1.29, 1.82) is 5.26 Å². The van der Waals surface area contributed by atoms with Gasteiger partial charge in [0.1, 0.15) is 11.5 Å². The van der Waals surface area contributed by atoms with Crippen LogP contribution in [0.4, 0.5) is 5.69 Å². The number of ether oxygens (including phenoxy) is 2. The molecule has 0 amide bonds. The van der Waals surface area contributed by atoms with Gasteiger partial charge < -0.3 is 9.47 Å². The molecule has 0 saturated heterocycles. The van der Waals surface area contributed by atoms with Crippen LogP contribution in [0.5, 0.6) is 11.5 Å². The Bertz CT molecular complexity index is 838. The molecule has 128 valence electrons. The molecular weight excluding hydrogens is 320 g/mol. The molecule has 2 aromatic rings. The third-order valence-corrected chi connectivity index (χ3v) is 3.38. The third kappa shape index (κ3) is 4.58. The molecular formula is C19H18N2O4. The van der Waals surface area contributed by atoms with Crippen molar-refractivity contribution in [2.75, 3.05) is 13.2 Å². The molecule has 25 heavy (non-hydrogen) atoms. The standard InChI is InChI=1S/C19H18N2O4/c1-3-24-18-9-8-15(19(12-18)25-4-2)10-16(13-20)14-6-5-7-17(11-14)21(22)23/h5-12H,3-4H2,1-2H3. The minimum Gasteiger partial charge on any atom is -0.494 e. The number of benzene rings is 2. The summed E-state index contributed by atoms with van der Waals surface area (Å²) in [7, 11) is 0. The zero-order chi connectivity index (χ0) is 18.2. The highest BCUT2D eigenvalue weighted by atomic mass is 16.6. The first-order valence-corrected chi connectivity index (χ1v) is 7.85. The highest BCUT2D eigenvalue weighted by molar-refractivity contribution is 5.91. The van der Waals surface area contributed by atoms with E-state index < -0.39 is 4.92 Å². The molecule has 0 aliphatic rings. The first kappa shape index (κ1) is 18.0. The van der Waals surface area contributed by atoms with Gasteiger partial charge in [-0.2, -0.15) is 5.26 Å². The normalized spacial score (nSPS) is 10.8. The lowest BCUT2D eigenvalue weighted by Crippen LogP contribution is -1.97. The maximum absolute atomic E-state index is 10.9. The summed E-state index contributed by atoms with van der Waals surface area (Å²) in [6, 6.07) is 13.4. The Morgan fingerprint density at radius 1 is 1.20 bits per heavy atom. The van der Waals surface area contributed by atoms with Crippen LogP contribution in [0.2, 0.25) is 0 Å². The smallest absolute Gasteiger partial charge is 0.270 e. The number of allylic oxidation sites excluding steroid dienone is 1. The number of hydrogen-bond donors (Lipinski definition) is 0. The van der Waals surface area contributed by atoms with Crippen LogP contribution in [0.3, 0.4) is 0 Å². The fraction of sp³-hybridized carbons (Fsp3) is 0.211. The zero-order valence-corrected chi connectivity index (χ0v) is 14.1. The number of hydrogen-bond acceptors (Lipinski definition) is 5.